The van der Waals surface area contributed by atoms with Gasteiger partial charge in [-0.25, -0.2) is 4.98 Å². The first-order valence-electron chi connectivity index (χ1n) is 8.78. The number of anilines is 1. The lowest BCUT2D eigenvalue weighted by Gasteiger charge is -2.33. The summed E-state index contributed by atoms with van der Waals surface area (Å²) < 4.78 is 0. The van der Waals surface area contributed by atoms with E-state index in [1.807, 2.05) is 44.2 Å². The average molecular weight is 366 g/mol. The van der Waals surface area contributed by atoms with Gasteiger partial charge in [-0.15, -0.1) is 0 Å². The molecule has 140 valence electrons. The third-order valence-electron chi connectivity index (χ3n) is 4.37. The Kier molecular flexibility index (Phi) is 5.49. The van der Waals surface area contributed by atoms with Crippen LogP contribution in [-0.2, 0) is 20.9 Å². The molecule has 1 fully saturated rings. The van der Waals surface area contributed by atoms with Gasteiger partial charge in [0.25, 0.3) is 0 Å². The van der Waals surface area contributed by atoms with Crippen LogP contribution in [0.5, 0.6) is 0 Å². The van der Waals surface area contributed by atoms with Crippen LogP contribution < -0.4 is 5.32 Å². The minimum atomic E-state index is -0.652. The molecule has 0 saturated carbocycles. The summed E-state index contributed by atoms with van der Waals surface area (Å²) in [7, 11) is 0. The minimum Gasteiger partial charge on any atom is -0.328 e. The number of carbonyl (C=O) groups excluding carboxylic acids is 3. The smallest absolute Gasteiger partial charge is 0.312 e. The molecule has 1 aliphatic heterocycles. The average Bonchev–Trinajstić information content (AvgIpc) is 2.63. The Morgan fingerprint density at radius 3 is 2.48 bits per heavy atom. The van der Waals surface area contributed by atoms with Crippen molar-refractivity contribution >= 4 is 23.5 Å². The monoisotopic (exact) mass is 366 g/mol. The molecule has 0 unspecified atom stereocenters. The summed E-state index contributed by atoms with van der Waals surface area (Å²) in [4.78, 5) is 43.8. The van der Waals surface area contributed by atoms with Crippen LogP contribution in [0.25, 0.3) is 0 Å². The zero-order chi connectivity index (χ0) is 19.4. The van der Waals surface area contributed by atoms with E-state index in [9.17, 15) is 14.4 Å². The normalized spacial score (nSPS) is 14.4. The van der Waals surface area contributed by atoms with Crippen LogP contribution in [0.15, 0.2) is 42.6 Å². The van der Waals surface area contributed by atoms with Gasteiger partial charge in [0.1, 0.15) is 12.4 Å². The van der Waals surface area contributed by atoms with Gasteiger partial charge in [0.05, 0.1) is 0 Å². The maximum Gasteiger partial charge on any atom is 0.312 e. The van der Waals surface area contributed by atoms with Crippen molar-refractivity contribution in [1.29, 1.82) is 0 Å². The molecule has 0 spiro atoms. The number of nitrogens with one attached hydrogen (secondary N) is 1. The van der Waals surface area contributed by atoms with Gasteiger partial charge in [-0.2, -0.15) is 0 Å². The molecule has 27 heavy (non-hydrogen) atoms. The molecule has 0 aliphatic carbocycles. The molecule has 1 N–H and O–H groups in total. The van der Waals surface area contributed by atoms with Crippen molar-refractivity contribution in [2.24, 2.45) is 0 Å². The molecule has 2 heterocycles. The SMILES string of the molecule is Cc1ccc(NC(=O)CN2CCN(Cc3cccc(C)c3)C(=O)C2=O)nc1. The van der Waals surface area contributed by atoms with E-state index in [1.165, 1.54) is 9.80 Å². The predicted octanol–water partition coefficient (Wildman–Crippen LogP) is 1.51. The standard InChI is InChI=1S/C20H22N4O3/c1-14-4-3-5-16(10-14)12-23-8-9-24(20(27)19(23)26)13-18(25)22-17-7-6-15(2)11-21-17/h3-7,10-11H,8-9,12-13H2,1-2H3,(H,21,22,25). The quantitative estimate of drug-likeness (QED) is 0.813. The van der Waals surface area contributed by atoms with Crippen LogP contribution in [0, 0.1) is 13.8 Å². The lowest BCUT2D eigenvalue weighted by molar-refractivity contribution is -0.157. The van der Waals surface area contributed by atoms with Crippen LogP contribution in [0.1, 0.15) is 16.7 Å². The fraction of sp³-hybridized carbons (Fsp3) is 0.300. The zero-order valence-corrected chi connectivity index (χ0v) is 15.4. The molecule has 3 amide bonds. The number of benzene rings is 1. The van der Waals surface area contributed by atoms with E-state index >= 15 is 0 Å². The van der Waals surface area contributed by atoms with Gasteiger partial charge < -0.3 is 15.1 Å². The second-order valence-electron chi connectivity index (χ2n) is 6.71. The summed E-state index contributed by atoms with van der Waals surface area (Å²) in [5, 5.41) is 2.64. The molecule has 0 radical (unpaired) electrons. The highest BCUT2D eigenvalue weighted by atomic mass is 16.2. The van der Waals surface area contributed by atoms with Gasteiger partial charge in [0.2, 0.25) is 5.91 Å². The molecule has 1 aromatic carbocycles. The summed E-state index contributed by atoms with van der Waals surface area (Å²) in [6.45, 7) is 4.83. The van der Waals surface area contributed by atoms with Gasteiger partial charge in [-0.3, -0.25) is 14.4 Å². The van der Waals surface area contributed by atoms with E-state index in [0.29, 0.717) is 25.5 Å². The molecule has 0 atom stereocenters. The van der Waals surface area contributed by atoms with Crippen LogP contribution in [-0.4, -0.2) is 52.1 Å². The predicted molar refractivity (Wildman–Crippen MR) is 101 cm³/mol. The molecule has 3 rings (SSSR count). The summed E-state index contributed by atoms with van der Waals surface area (Å²) in [6.07, 6.45) is 1.65. The first-order chi connectivity index (χ1) is 12.9. The van der Waals surface area contributed by atoms with Crippen LogP contribution in [0.3, 0.4) is 0 Å². The highest BCUT2D eigenvalue weighted by Crippen LogP contribution is 2.12. The maximum absolute atomic E-state index is 12.4. The highest BCUT2D eigenvalue weighted by molar-refractivity contribution is 6.35. The van der Waals surface area contributed by atoms with E-state index in [1.54, 1.807) is 12.3 Å². The molecule has 2 aromatic rings. The van der Waals surface area contributed by atoms with Crippen molar-refractivity contribution < 1.29 is 14.4 Å². The van der Waals surface area contributed by atoms with E-state index in [-0.39, 0.29) is 12.5 Å². The highest BCUT2D eigenvalue weighted by Gasteiger charge is 2.33. The number of piperazine rings is 1. The van der Waals surface area contributed by atoms with Crippen molar-refractivity contribution in [3.63, 3.8) is 0 Å². The molecule has 1 saturated heterocycles. The number of aryl methyl sites for hydroxylation is 2. The molecule has 1 aromatic heterocycles. The number of amides is 3. The number of hydrogen-bond acceptors (Lipinski definition) is 4. The van der Waals surface area contributed by atoms with E-state index in [2.05, 4.69) is 10.3 Å². The largest absolute Gasteiger partial charge is 0.328 e. The van der Waals surface area contributed by atoms with E-state index in [0.717, 1.165) is 16.7 Å². The molecule has 0 bridgehead atoms. The first kappa shape index (κ1) is 18.6. The Labute approximate surface area is 158 Å². The maximum atomic E-state index is 12.4. The van der Waals surface area contributed by atoms with Crippen LogP contribution in [0.4, 0.5) is 5.82 Å². The molecular weight excluding hydrogens is 344 g/mol. The number of aromatic nitrogens is 1. The second-order valence-corrected chi connectivity index (χ2v) is 6.71. The second kappa shape index (κ2) is 7.99. The van der Waals surface area contributed by atoms with Crippen LogP contribution >= 0.6 is 0 Å². The summed E-state index contributed by atoms with van der Waals surface area (Å²) in [5.41, 5.74) is 3.07. The molecule has 1 aliphatic rings. The molecule has 7 heteroatoms. The fourth-order valence-corrected chi connectivity index (χ4v) is 2.95. The number of carbonyl (C=O) groups is 3. The van der Waals surface area contributed by atoms with Gasteiger partial charge >= 0.3 is 11.8 Å². The van der Waals surface area contributed by atoms with E-state index < -0.39 is 11.8 Å². The van der Waals surface area contributed by atoms with Crippen molar-refractivity contribution in [2.75, 3.05) is 25.0 Å². The summed E-state index contributed by atoms with van der Waals surface area (Å²) in [5.74, 6) is -1.19. The molecule has 7 nitrogen and oxygen atoms in total. The van der Waals surface area contributed by atoms with Crippen LogP contribution in [0.2, 0.25) is 0 Å². The first-order valence-corrected chi connectivity index (χ1v) is 8.78. The lowest BCUT2D eigenvalue weighted by Crippen LogP contribution is -2.55. The van der Waals surface area contributed by atoms with Gasteiger partial charge in [-0.05, 0) is 31.0 Å². The summed E-state index contributed by atoms with van der Waals surface area (Å²) >= 11 is 0. The number of hydrogen-bond donors (Lipinski definition) is 1. The Morgan fingerprint density at radius 1 is 1.04 bits per heavy atom. The fourth-order valence-electron chi connectivity index (χ4n) is 2.95. The zero-order valence-electron chi connectivity index (χ0n) is 15.4. The third kappa shape index (κ3) is 4.69. The Bertz CT molecular complexity index is 864. The molecular formula is C20H22N4O3. The summed E-state index contributed by atoms with van der Waals surface area (Å²) in [6, 6.07) is 11.4. The van der Waals surface area contributed by atoms with Gasteiger partial charge in [0, 0.05) is 25.8 Å². The minimum absolute atomic E-state index is 0.168. The van der Waals surface area contributed by atoms with Crippen molar-refractivity contribution in [3.05, 3.63) is 59.3 Å². The van der Waals surface area contributed by atoms with Crippen molar-refractivity contribution in [1.82, 2.24) is 14.8 Å². The van der Waals surface area contributed by atoms with Crippen molar-refractivity contribution in [2.45, 2.75) is 20.4 Å². The number of rotatable bonds is 5. The third-order valence-corrected chi connectivity index (χ3v) is 4.37. The number of pyridine rings is 1. The Morgan fingerprint density at radius 2 is 1.78 bits per heavy atom. The number of nitrogens with zero attached hydrogens (tertiary/aromatic N) is 3. The van der Waals surface area contributed by atoms with Crippen molar-refractivity contribution in [3.8, 4) is 0 Å². The van der Waals surface area contributed by atoms with E-state index in [4.69, 9.17) is 0 Å². The Hall–Kier alpha value is -3.22. The van der Waals surface area contributed by atoms with Gasteiger partial charge in [0.15, 0.2) is 0 Å². The lowest BCUT2D eigenvalue weighted by atomic mass is 10.1. The topological polar surface area (TPSA) is 82.6 Å². The Balaban J connectivity index is 1.56. The van der Waals surface area contributed by atoms with Gasteiger partial charge in [-0.1, -0.05) is 35.9 Å².